The zero-order valence-corrected chi connectivity index (χ0v) is 20.8. The maximum Gasteiger partial charge on any atom is 0.272 e. The maximum atomic E-state index is 13.3. The van der Waals surface area contributed by atoms with Gasteiger partial charge < -0.3 is 21.7 Å². The van der Waals surface area contributed by atoms with Crippen LogP contribution in [-0.4, -0.2) is 42.7 Å². The van der Waals surface area contributed by atoms with Gasteiger partial charge in [0.25, 0.3) is 5.91 Å². The van der Waals surface area contributed by atoms with Crippen LogP contribution in [0.2, 0.25) is 10.0 Å². The van der Waals surface area contributed by atoms with Crippen LogP contribution in [0.15, 0.2) is 71.7 Å². The Bertz CT molecular complexity index is 1370. The minimum absolute atomic E-state index is 0.185. The van der Waals surface area contributed by atoms with Crippen molar-refractivity contribution >= 4 is 52.3 Å². The summed E-state index contributed by atoms with van der Waals surface area (Å²) in [6.45, 7) is 0. The Morgan fingerprint density at radius 3 is 2.42 bits per heavy atom. The topological polar surface area (TPSA) is 131 Å². The molecule has 3 aromatic rings. The lowest BCUT2D eigenvalue weighted by Crippen LogP contribution is -2.51. The van der Waals surface area contributed by atoms with Gasteiger partial charge in [0.15, 0.2) is 0 Å². The molecule has 4 rings (SSSR count). The van der Waals surface area contributed by atoms with Crippen LogP contribution in [-0.2, 0) is 16.0 Å². The Balaban J connectivity index is 1.65. The van der Waals surface area contributed by atoms with Crippen molar-refractivity contribution in [3.8, 4) is 0 Å². The minimum atomic E-state index is -1.22. The second kappa shape index (κ2) is 10.5. The molecule has 1 unspecified atom stereocenters. The van der Waals surface area contributed by atoms with Crippen LogP contribution < -0.4 is 21.7 Å². The SMILES string of the molecule is CN1C(=O)C(NC(=O)[C@H](N)Cc2ccc(Cl)c(Cl)c2)N=C(c2ccc(C(N)=O)cc2)c2ccccc21. The number of anilines is 1. The number of fused-ring (bicyclic) bond motifs is 1. The van der Waals surface area contributed by atoms with E-state index in [9.17, 15) is 14.4 Å². The second-order valence-electron chi connectivity index (χ2n) is 8.30. The molecule has 0 aromatic heterocycles. The molecular weight excluding hydrogens is 501 g/mol. The lowest BCUT2D eigenvalue weighted by molar-refractivity contribution is -0.128. The molecule has 0 bridgehead atoms. The number of carbonyl (C=O) groups excluding carboxylic acids is 3. The van der Waals surface area contributed by atoms with Gasteiger partial charge in [0.05, 0.1) is 27.5 Å². The summed E-state index contributed by atoms with van der Waals surface area (Å²) in [6.07, 6.45) is -1.04. The van der Waals surface area contributed by atoms with Gasteiger partial charge in [0.1, 0.15) is 0 Å². The number of nitrogens with two attached hydrogens (primary N) is 2. The van der Waals surface area contributed by atoms with Gasteiger partial charge in [-0.3, -0.25) is 14.4 Å². The number of halogens is 2. The first-order valence-electron chi connectivity index (χ1n) is 11.0. The van der Waals surface area contributed by atoms with Gasteiger partial charge in [-0.2, -0.15) is 0 Å². The molecule has 10 heteroatoms. The summed E-state index contributed by atoms with van der Waals surface area (Å²) in [5.74, 6) is -1.53. The number of amides is 3. The quantitative estimate of drug-likeness (QED) is 0.458. The number of hydrogen-bond acceptors (Lipinski definition) is 5. The second-order valence-corrected chi connectivity index (χ2v) is 9.12. The standard InChI is InChI=1S/C26H23Cl2N5O3/c1-33-21-5-3-2-4-17(21)22(15-7-9-16(10-8-15)23(30)34)31-24(26(33)36)32-25(35)20(29)13-14-6-11-18(27)19(28)12-14/h2-12,20,24H,13,29H2,1H3,(H2,30,34)(H,32,35)/t20-,24?/m1/s1. The molecule has 0 saturated heterocycles. The Labute approximate surface area is 217 Å². The van der Waals surface area contributed by atoms with Gasteiger partial charge in [-0.1, -0.05) is 59.6 Å². The highest BCUT2D eigenvalue weighted by Crippen LogP contribution is 2.27. The predicted octanol–water partition coefficient (Wildman–Crippen LogP) is 2.92. The van der Waals surface area contributed by atoms with Crippen LogP contribution in [0, 0.1) is 0 Å². The van der Waals surface area contributed by atoms with Crippen molar-refractivity contribution in [1.82, 2.24) is 5.32 Å². The van der Waals surface area contributed by atoms with Gasteiger partial charge in [-0.25, -0.2) is 4.99 Å². The summed E-state index contributed by atoms with van der Waals surface area (Å²) in [5.41, 5.74) is 15.0. The van der Waals surface area contributed by atoms with Gasteiger partial charge in [0, 0.05) is 23.7 Å². The monoisotopic (exact) mass is 523 g/mol. The molecule has 0 spiro atoms. The molecule has 3 amide bonds. The highest BCUT2D eigenvalue weighted by Gasteiger charge is 2.32. The van der Waals surface area contributed by atoms with Crippen molar-refractivity contribution < 1.29 is 14.4 Å². The third kappa shape index (κ3) is 5.26. The van der Waals surface area contributed by atoms with Crippen molar-refractivity contribution in [1.29, 1.82) is 0 Å². The Kier molecular flexibility index (Phi) is 7.40. The number of likely N-dealkylation sites (N-methyl/N-ethyl adjacent to an activating group) is 1. The van der Waals surface area contributed by atoms with Gasteiger partial charge in [-0.05, 0) is 42.3 Å². The molecule has 36 heavy (non-hydrogen) atoms. The van der Waals surface area contributed by atoms with Crippen LogP contribution in [0.25, 0.3) is 0 Å². The number of primary amides is 1. The maximum absolute atomic E-state index is 13.3. The number of hydrogen-bond donors (Lipinski definition) is 3. The summed E-state index contributed by atoms with van der Waals surface area (Å²) < 4.78 is 0. The average Bonchev–Trinajstić information content (AvgIpc) is 2.97. The van der Waals surface area contributed by atoms with Gasteiger partial charge >= 0.3 is 0 Å². The summed E-state index contributed by atoms with van der Waals surface area (Å²) >= 11 is 12.0. The normalized spacial score (nSPS) is 16.0. The van der Waals surface area contributed by atoms with Crippen LogP contribution in [0.1, 0.15) is 27.0 Å². The molecule has 0 saturated carbocycles. The highest BCUT2D eigenvalue weighted by atomic mass is 35.5. The van der Waals surface area contributed by atoms with Crippen molar-refractivity contribution in [2.24, 2.45) is 16.5 Å². The fraction of sp³-hybridized carbons (Fsp3) is 0.154. The Morgan fingerprint density at radius 2 is 1.75 bits per heavy atom. The van der Waals surface area contributed by atoms with E-state index in [1.54, 1.807) is 55.6 Å². The predicted molar refractivity (Wildman–Crippen MR) is 141 cm³/mol. The van der Waals surface area contributed by atoms with Crippen LogP contribution in [0.5, 0.6) is 0 Å². The molecule has 0 aliphatic carbocycles. The molecule has 0 fully saturated rings. The number of benzene rings is 3. The highest BCUT2D eigenvalue weighted by molar-refractivity contribution is 6.42. The summed E-state index contributed by atoms with van der Waals surface area (Å²) in [5, 5.41) is 3.43. The van der Waals surface area contributed by atoms with Crippen molar-refractivity contribution in [2.75, 3.05) is 11.9 Å². The van der Waals surface area contributed by atoms with E-state index >= 15 is 0 Å². The number of benzodiazepines with no additional fused rings is 1. The van der Waals surface area contributed by atoms with Crippen molar-refractivity contribution in [2.45, 2.75) is 18.6 Å². The fourth-order valence-corrected chi connectivity index (χ4v) is 4.21. The van der Waals surface area contributed by atoms with E-state index in [1.165, 1.54) is 4.90 Å². The first-order valence-corrected chi connectivity index (χ1v) is 11.8. The van der Waals surface area contributed by atoms with Crippen molar-refractivity contribution in [3.05, 3.63) is 99.0 Å². The lowest BCUT2D eigenvalue weighted by atomic mass is 9.99. The smallest absolute Gasteiger partial charge is 0.272 e. The molecule has 1 heterocycles. The number of carbonyl (C=O) groups is 3. The third-order valence-corrected chi connectivity index (χ3v) is 6.58. The number of rotatable bonds is 6. The Morgan fingerprint density at radius 1 is 1.06 bits per heavy atom. The molecule has 1 aliphatic heterocycles. The van der Waals surface area contributed by atoms with E-state index in [-0.39, 0.29) is 6.42 Å². The van der Waals surface area contributed by atoms with E-state index < -0.39 is 29.9 Å². The Hall–Kier alpha value is -3.72. The van der Waals surface area contributed by atoms with Crippen LogP contribution >= 0.6 is 23.2 Å². The zero-order chi connectivity index (χ0) is 26.0. The minimum Gasteiger partial charge on any atom is -0.366 e. The molecule has 1 aliphatic rings. The number of para-hydroxylation sites is 1. The largest absolute Gasteiger partial charge is 0.366 e. The number of nitrogens with zero attached hydrogens (tertiary/aromatic N) is 2. The summed E-state index contributed by atoms with van der Waals surface area (Å²) in [4.78, 5) is 43.9. The van der Waals surface area contributed by atoms with Gasteiger partial charge in [0.2, 0.25) is 18.0 Å². The third-order valence-electron chi connectivity index (χ3n) is 5.84. The molecule has 3 aromatic carbocycles. The van der Waals surface area contributed by atoms with Gasteiger partial charge in [-0.15, -0.1) is 0 Å². The fourth-order valence-electron chi connectivity index (χ4n) is 3.89. The first kappa shape index (κ1) is 25.4. The molecule has 2 atom stereocenters. The average molecular weight is 524 g/mol. The molecule has 0 radical (unpaired) electrons. The van der Waals surface area contributed by atoms with E-state index in [0.29, 0.717) is 38.1 Å². The van der Waals surface area contributed by atoms with E-state index in [1.807, 2.05) is 18.2 Å². The summed E-state index contributed by atoms with van der Waals surface area (Å²) in [6, 6.07) is 17.9. The van der Waals surface area contributed by atoms with E-state index in [4.69, 9.17) is 34.7 Å². The lowest BCUT2D eigenvalue weighted by Gasteiger charge is -2.22. The van der Waals surface area contributed by atoms with Crippen LogP contribution in [0.4, 0.5) is 5.69 Å². The van der Waals surface area contributed by atoms with E-state index in [0.717, 1.165) is 5.56 Å². The summed E-state index contributed by atoms with van der Waals surface area (Å²) in [7, 11) is 1.62. The molecule has 5 N–H and O–H groups in total. The van der Waals surface area contributed by atoms with Crippen molar-refractivity contribution in [3.63, 3.8) is 0 Å². The van der Waals surface area contributed by atoms with E-state index in [2.05, 4.69) is 10.3 Å². The molecule has 8 nitrogen and oxygen atoms in total. The number of nitrogens with one attached hydrogen (secondary N) is 1. The molecular formula is C26H23Cl2N5O3. The zero-order valence-electron chi connectivity index (χ0n) is 19.2. The number of aliphatic imine (C=N–C) groups is 1. The first-order chi connectivity index (χ1) is 17.2. The van der Waals surface area contributed by atoms with Crippen LogP contribution in [0.3, 0.4) is 0 Å². The molecule has 184 valence electrons.